The van der Waals surface area contributed by atoms with Crippen molar-refractivity contribution in [2.75, 3.05) is 18.9 Å². The molecule has 0 saturated heterocycles. The molecule has 3 aromatic heterocycles. The quantitative estimate of drug-likeness (QED) is 0.520. The summed E-state index contributed by atoms with van der Waals surface area (Å²) in [6.07, 6.45) is 7.97. The van der Waals surface area contributed by atoms with Gasteiger partial charge in [0.2, 0.25) is 0 Å². The van der Waals surface area contributed by atoms with Crippen molar-refractivity contribution in [2.45, 2.75) is 12.5 Å². The number of pyridine rings is 2. The van der Waals surface area contributed by atoms with E-state index >= 15 is 0 Å². The van der Waals surface area contributed by atoms with Gasteiger partial charge in [-0.15, -0.1) is 0 Å². The van der Waals surface area contributed by atoms with Crippen molar-refractivity contribution in [1.29, 1.82) is 0 Å². The molecule has 0 saturated carbocycles. The topological polar surface area (TPSA) is 75.6 Å². The number of rotatable bonds is 7. The third kappa shape index (κ3) is 4.13. The molecule has 2 N–H and O–H groups in total. The van der Waals surface area contributed by atoms with Crippen LogP contribution >= 0.6 is 0 Å². The zero-order chi connectivity index (χ0) is 19.2. The Morgan fingerprint density at radius 1 is 0.893 bits per heavy atom. The highest BCUT2D eigenvalue weighted by Crippen LogP contribution is 2.24. The van der Waals surface area contributed by atoms with Gasteiger partial charge in [-0.25, -0.2) is 9.97 Å². The second-order valence-corrected chi connectivity index (χ2v) is 6.58. The molecule has 0 spiro atoms. The third-order valence-corrected chi connectivity index (χ3v) is 4.69. The largest absolute Gasteiger partial charge is 0.368 e. The molecule has 0 fully saturated rings. The van der Waals surface area contributed by atoms with Crippen LogP contribution in [0.15, 0.2) is 73.3 Å². The highest BCUT2D eigenvalue weighted by molar-refractivity contribution is 5.89. The Bertz CT molecular complexity index is 1040. The molecule has 4 rings (SSSR count). The number of aromatic nitrogens is 4. The summed E-state index contributed by atoms with van der Waals surface area (Å²) in [4.78, 5) is 17.7. The van der Waals surface area contributed by atoms with Crippen molar-refractivity contribution in [3.8, 4) is 11.4 Å². The second kappa shape index (κ2) is 8.54. The summed E-state index contributed by atoms with van der Waals surface area (Å²) in [5.74, 6) is 1.47. The number of nitrogens with one attached hydrogen (secondary N) is 2. The van der Waals surface area contributed by atoms with Crippen molar-refractivity contribution in [2.24, 2.45) is 0 Å². The number of nitrogens with zero attached hydrogens (tertiary/aromatic N) is 4. The minimum atomic E-state index is 0.277. The van der Waals surface area contributed by atoms with Gasteiger partial charge >= 0.3 is 0 Å². The van der Waals surface area contributed by atoms with Crippen LogP contribution in [0.5, 0.6) is 0 Å². The summed E-state index contributed by atoms with van der Waals surface area (Å²) in [6, 6.07) is 16.5. The molecule has 3 heterocycles. The van der Waals surface area contributed by atoms with E-state index < -0.39 is 0 Å². The van der Waals surface area contributed by atoms with Crippen molar-refractivity contribution in [1.82, 2.24) is 25.3 Å². The van der Waals surface area contributed by atoms with E-state index in [1.54, 1.807) is 24.8 Å². The first-order valence-electron chi connectivity index (χ1n) is 9.30. The second-order valence-electron chi connectivity index (χ2n) is 6.58. The van der Waals surface area contributed by atoms with Gasteiger partial charge in [-0.1, -0.05) is 30.3 Å². The van der Waals surface area contributed by atoms with Gasteiger partial charge < -0.3 is 10.6 Å². The predicted octanol–water partition coefficient (Wildman–Crippen LogP) is 3.33. The Morgan fingerprint density at radius 2 is 1.68 bits per heavy atom. The molecule has 0 radical (unpaired) electrons. The SMILES string of the molecule is CNC(CNc1nc(-c2ccncc2)nc2cnccc12)Cc1ccccc1. The molecule has 0 bridgehead atoms. The van der Waals surface area contributed by atoms with Crippen LogP contribution in [0.1, 0.15) is 5.56 Å². The maximum absolute atomic E-state index is 4.78. The van der Waals surface area contributed by atoms with E-state index in [-0.39, 0.29) is 6.04 Å². The van der Waals surface area contributed by atoms with E-state index in [1.807, 2.05) is 31.3 Å². The standard InChI is InChI=1S/C22H22N6/c1-23-18(13-16-5-3-2-4-6-16)14-26-22-19-9-12-25-15-20(19)27-21(28-22)17-7-10-24-11-8-17/h2-12,15,18,23H,13-14H2,1H3,(H,26,27,28). The Balaban J connectivity index is 1.60. The van der Waals surface area contributed by atoms with Gasteiger partial charge in [0, 0.05) is 42.1 Å². The van der Waals surface area contributed by atoms with Crippen LogP contribution in [0.2, 0.25) is 0 Å². The average molecular weight is 370 g/mol. The van der Waals surface area contributed by atoms with Gasteiger partial charge in [0.05, 0.1) is 11.7 Å². The lowest BCUT2D eigenvalue weighted by atomic mass is 10.1. The van der Waals surface area contributed by atoms with Crippen molar-refractivity contribution in [3.05, 3.63) is 78.9 Å². The van der Waals surface area contributed by atoms with E-state index in [0.717, 1.165) is 35.2 Å². The van der Waals surface area contributed by atoms with E-state index in [2.05, 4.69) is 49.9 Å². The van der Waals surface area contributed by atoms with Crippen LogP contribution in [0.3, 0.4) is 0 Å². The molecule has 6 nitrogen and oxygen atoms in total. The first kappa shape index (κ1) is 18.0. The first-order chi connectivity index (χ1) is 13.8. The lowest BCUT2D eigenvalue weighted by Gasteiger charge is -2.18. The molecule has 28 heavy (non-hydrogen) atoms. The van der Waals surface area contributed by atoms with E-state index in [0.29, 0.717) is 5.82 Å². The number of hydrogen-bond acceptors (Lipinski definition) is 6. The Morgan fingerprint density at radius 3 is 2.46 bits per heavy atom. The summed E-state index contributed by atoms with van der Waals surface area (Å²) < 4.78 is 0. The lowest BCUT2D eigenvalue weighted by molar-refractivity contribution is 0.583. The van der Waals surface area contributed by atoms with E-state index in [1.165, 1.54) is 5.56 Å². The van der Waals surface area contributed by atoms with E-state index in [9.17, 15) is 0 Å². The van der Waals surface area contributed by atoms with Crippen LogP contribution in [0.25, 0.3) is 22.3 Å². The highest BCUT2D eigenvalue weighted by atomic mass is 15.1. The zero-order valence-corrected chi connectivity index (χ0v) is 15.7. The van der Waals surface area contributed by atoms with Crippen molar-refractivity contribution in [3.63, 3.8) is 0 Å². The summed E-state index contributed by atoms with van der Waals surface area (Å²) in [5.41, 5.74) is 3.05. The summed E-state index contributed by atoms with van der Waals surface area (Å²) >= 11 is 0. The minimum absolute atomic E-state index is 0.277. The molecule has 6 heteroatoms. The molecule has 0 aliphatic carbocycles. The number of benzene rings is 1. The Labute approximate surface area is 164 Å². The van der Waals surface area contributed by atoms with Gasteiger partial charge in [-0.3, -0.25) is 9.97 Å². The zero-order valence-electron chi connectivity index (χ0n) is 15.7. The van der Waals surface area contributed by atoms with Crippen LogP contribution in [0, 0.1) is 0 Å². The molecule has 0 aliphatic rings. The first-order valence-corrected chi connectivity index (χ1v) is 9.30. The fraction of sp³-hybridized carbons (Fsp3) is 0.182. The molecular weight excluding hydrogens is 348 g/mol. The highest BCUT2D eigenvalue weighted by Gasteiger charge is 2.12. The van der Waals surface area contributed by atoms with Gasteiger partial charge in [-0.2, -0.15) is 0 Å². The monoisotopic (exact) mass is 370 g/mol. The molecule has 1 unspecified atom stereocenters. The fourth-order valence-corrected chi connectivity index (χ4v) is 3.14. The molecule has 4 aromatic rings. The van der Waals surface area contributed by atoms with Gasteiger partial charge in [0.25, 0.3) is 0 Å². The summed E-state index contributed by atoms with van der Waals surface area (Å²) in [5, 5.41) is 7.86. The predicted molar refractivity (Wildman–Crippen MR) is 112 cm³/mol. The van der Waals surface area contributed by atoms with Crippen LogP contribution in [-0.2, 0) is 6.42 Å². The number of likely N-dealkylation sites (N-methyl/N-ethyl adjacent to an activating group) is 1. The smallest absolute Gasteiger partial charge is 0.162 e. The van der Waals surface area contributed by atoms with Gasteiger partial charge in [0.15, 0.2) is 5.82 Å². The molecule has 140 valence electrons. The van der Waals surface area contributed by atoms with Crippen LogP contribution in [-0.4, -0.2) is 39.6 Å². The Kier molecular flexibility index (Phi) is 5.49. The number of anilines is 1. The van der Waals surface area contributed by atoms with E-state index in [4.69, 9.17) is 4.98 Å². The molecule has 0 aliphatic heterocycles. The normalized spacial score (nSPS) is 12.0. The maximum Gasteiger partial charge on any atom is 0.162 e. The number of fused-ring (bicyclic) bond motifs is 1. The molecular formula is C22H22N6. The molecule has 0 amide bonds. The lowest BCUT2D eigenvalue weighted by Crippen LogP contribution is -2.34. The average Bonchev–Trinajstić information content (AvgIpc) is 2.77. The van der Waals surface area contributed by atoms with Crippen LogP contribution in [0.4, 0.5) is 5.82 Å². The number of hydrogen-bond donors (Lipinski definition) is 2. The van der Waals surface area contributed by atoms with Crippen LogP contribution < -0.4 is 10.6 Å². The summed E-state index contributed by atoms with van der Waals surface area (Å²) in [7, 11) is 1.99. The van der Waals surface area contributed by atoms with Crippen molar-refractivity contribution >= 4 is 16.7 Å². The minimum Gasteiger partial charge on any atom is -0.368 e. The molecule has 1 atom stereocenters. The fourth-order valence-electron chi connectivity index (χ4n) is 3.14. The van der Waals surface area contributed by atoms with Gasteiger partial charge in [0.1, 0.15) is 5.82 Å². The third-order valence-electron chi connectivity index (χ3n) is 4.69. The van der Waals surface area contributed by atoms with Gasteiger partial charge in [-0.05, 0) is 37.2 Å². The van der Waals surface area contributed by atoms with Crippen molar-refractivity contribution < 1.29 is 0 Å². The summed E-state index contributed by atoms with van der Waals surface area (Å²) in [6.45, 7) is 0.746. The molecule has 1 aromatic carbocycles. The Hall–Kier alpha value is -3.38. The maximum atomic E-state index is 4.78.